The average Bonchev–Trinajstić information content (AvgIpc) is 2.63. The summed E-state index contributed by atoms with van der Waals surface area (Å²) in [7, 11) is 2.13. The number of anilines is 1. The van der Waals surface area contributed by atoms with Gasteiger partial charge < -0.3 is 19.8 Å². The van der Waals surface area contributed by atoms with Crippen LogP contribution in [-0.2, 0) is 0 Å². The molecule has 1 unspecified atom stereocenters. The number of piperidine rings is 1. The Morgan fingerprint density at radius 3 is 2.75 bits per heavy atom. The molecule has 24 heavy (non-hydrogen) atoms. The van der Waals surface area contributed by atoms with E-state index in [1.165, 1.54) is 0 Å². The normalized spacial score (nSPS) is 22.7. The fourth-order valence-corrected chi connectivity index (χ4v) is 3.62. The van der Waals surface area contributed by atoms with Gasteiger partial charge in [-0.3, -0.25) is 4.79 Å². The van der Waals surface area contributed by atoms with Gasteiger partial charge in [-0.05, 0) is 44.9 Å². The van der Waals surface area contributed by atoms with Crippen LogP contribution in [0.5, 0.6) is 0 Å². The summed E-state index contributed by atoms with van der Waals surface area (Å²) in [6, 6.07) is 5.87. The molecule has 3 rings (SSSR count). The first-order valence-electron chi connectivity index (χ1n) is 9.01. The zero-order chi connectivity index (χ0) is 16.9. The monoisotopic (exact) mass is 332 g/mol. The summed E-state index contributed by atoms with van der Waals surface area (Å²) in [6.45, 7) is 4.82. The number of carbonyl (C=O) groups is 1. The smallest absolute Gasteiger partial charge is 0.272 e. The third-order valence-corrected chi connectivity index (χ3v) is 5.13. The Hall–Kier alpha value is -1.66. The molecule has 0 radical (unpaired) electrons. The number of nitrogens with zero attached hydrogens (tertiary/aromatic N) is 4. The van der Waals surface area contributed by atoms with E-state index in [0.29, 0.717) is 12.1 Å². The first-order valence-corrected chi connectivity index (χ1v) is 9.01. The quantitative estimate of drug-likeness (QED) is 0.898. The second kappa shape index (κ2) is 7.94. The Balaban J connectivity index is 1.73. The lowest BCUT2D eigenvalue weighted by Gasteiger charge is -2.36. The van der Waals surface area contributed by atoms with Gasteiger partial charge in [0, 0.05) is 45.4 Å². The number of likely N-dealkylation sites (tertiary alicyclic amines) is 1. The number of carbonyl (C=O) groups excluding carboxylic acids is 1. The van der Waals surface area contributed by atoms with Gasteiger partial charge in [-0.25, -0.2) is 4.98 Å². The van der Waals surface area contributed by atoms with Crippen molar-refractivity contribution in [3.05, 3.63) is 23.9 Å². The van der Waals surface area contributed by atoms with Crippen molar-refractivity contribution in [1.29, 1.82) is 0 Å². The van der Waals surface area contributed by atoms with Crippen LogP contribution in [0.4, 0.5) is 5.82 Å². The zero-order valence-electron chi connectivity index (χ0n) is 14.5. The summed E-state index contributed by atoms with van der Waals surface area (Å²) in [6.07, 6.45) is 3.80. The summed E-state index contributed by atoms with van der Waals surface area (Å²) in [5.41, 5.74) is 0.524. The minimum absolute atomic E-state index is 0.00382. The van der Waals surface area contributed by atoms with E-state index in [2.05, 4.69) is 21.8 Å². The number of aliphatic hydroxyl groups is 1. The Bertz CT molecular complexity index is 556. The van der Waals surface area contributed by atoms with E-state index in [-0.39, 0.29) is 18.6 Å². The molecule has 2 aliphatic heterocycles. The van der Waals surface area contributed by atoms with Crippen molar-refractivity contribution >= 4 is 11.7 Å². The van der Waals surface area contributed by atoms with Gasteiger partial charge in [0.1, 0.15) is 11.5 Å². The van der Waals surface area contributed by atoms with Gasteiger partial charge in [0.15, 0.2) is 0 Å². The van der Waals surface area contributed by atoms with Gasteiger partial charge in [0.2, 0.25) is 0 Å². The molecule has 0 aliphatic carbocycles. The number of pyridine rings is 1. The van der Waals surface area contributed by atoms with Crippen LogP contribution in [0.2, 0.25) is 0 Å². The van der Waals surface area contributed by atoms with Gasteiger partial charge in [-0.15, -0.1) is 0 Å². The predicted octanol–water partition coefficient (Wildman–Crippen LogP) is 1.21. The van der Waals surface area contributed by atoms with Crippen molar-refractivity contribution < 1.29 is 9.90 Å². The van der Waals surface area contributed by atoms with Crippen molar-refractivity contribution in [3.8, 4) is 0 Å². The minimum atomic E-state index is 0.00382. The van der Waals surface area contributed by atoms with Crippen molar-refractivity contribution in [1.82, 2.24) is 14.8 Å². The number of hydrogen-bond acceptors (Lipinski definition) is 5. The second-order valence-electron chi connectivity index (χ2n) is 6.83. The fourth-order valence-electron chi connectivity index (χ4n) is 3.62. The Kier molecular flexibility index (Phi) is 5.68. The maximum atomic E-state index is 12.9. The van der Waals surface area contributed by atoms with Crippen LogP contribution in [0, 0.1) is 0 Å². The van der Waals surface area contributed by atoms with Crippen LogP contribution in [0.25, 0.3) is 0 Å². The Morgan fingerprint density at radius 1 is 1.21 bits per heavy atom. The lowest BCUT2D eigenvalue weighted by molar-refractivity contribution is 0.0568. The lowest BCUT2D eigenvalue weighted by atomic mass is 9.99. The summed E-state index contributed by atoms with van der Waals surface area (Å²) < 4.78 is 0. The molecule has 0 aromatic carbocycles. The molecule has 0 bridgehead atoms. The molecule has 1 atom stereocenters. The summed E-state index contributed by atoms with van der Waals surface area (Å²) in [5.74, 6) is 0.897. The number of aromatic nitrogens is 1. The highest BCUT2D eigenvalue weighted by molar-refractivity contribution is 5.93. The summed E-state index contributed by atoms with van der Waals surface area (Å²) in [5, 5.41) is 9.26. The van der Waals surface area contributed by atoms with Gasteiger partial charge in [0.25, 0.3) is 5.91 Å². The molecule has 2 aliphatic rings. The van der Waals surface area contributed by atoms with Crippen LogP contribution in [-0.4, -0.2) is 78.2 Å². The van der Waals surface area contributed by atoms with E-state index in [0.717, 1.165) is 57.8 Å². The molecule has 0 spiro atoms. The Labute approximate surface area is 144 Å². The molecule has 132 valence electrons. The standard InChI is InChI=1S/C18H28N4O2/c1-20-10-12-21(13-11-20)17-7-4-6-16(19-17)18(24)22-9-3-2-5-15(22)8-14-23/h4,6-7,15,23H,2-3,5,8-14H2,1H3. The van der Waals surface area contributed by atoms with E-state index < -0.39 is 0 Å². The van der Waals surface area contributed by atoms with Crippen molar-refractivity contribution in [3.63, 3.8) is 0 Å². The van der Waals surface area contributed by atoms with E-state index in [1.54, 1.807) is 0 Å². The molecule has 2 fully saturated rings. The largest absolute Gasteiger partial charge is 0.396 e. The second-order valence-corrected chi connectivity index (χ2v) is 6.83. The van der Waals surface area contributed by atoms with Crippen LogP contribution >= 0.6 is 0 Å². The van der Waals surface area contributed by atoms with E-state index in [1.807, 2.05) is 23.1 Å². The lowest BCUT2D eigenvalue weighted by Crippen LogP contribution is -2.46. The highest BCUT2D eigenvalue weighted by Gasteiger charge is 2.28. The molecule has 3 heterocycles. The molecular formula is C18H28N4O2. The van der Waals surface area contributed by atoms with Crippen molar-refractivity contribution in [2.45, 2.75) is 31.7 Å². The molecule has 1 N–H and O–H groups in total. The number of rotatable bonds is 4. The zero-order valence-corrected chi connectivity index (χ0v) is 14.5. The van der Waals surface area contributed by atoms with Crippen LogP contribution in [0.15, 0.2) is 18.2 Å². The molecule has 1 aromatic heterocycles. The number of aliphatic hydroxyl groups excluding tert-OH is 1. The highest BCUT2D eigenvalue weighted by atomic mass is 16.3. The van der Waals surface area contributed by atoms with Gasteiger partial charge in [0.05, 0.1) is 0 Å². The molecule has 6 nitrogen and oxygen atoms in total. The van der Waals surface area contributed by atoms with Crippen molar-refractivity contribution in [2.24, 2.45) is 0 Å². The number of amides is 1. The number of piperazine rings is 1. The van der Waals surface area contributed by atoms with Crippen LogP contribution < -0.4 is 4.90 Å². The van der Waals surface area contributed by atoms with Gasteiger partial charge in [-0.2, -0.15) is 0 Å². The topological polar surface area (TPSA) is 59.9 Å². The van der Waals surface area contributed by atoms with E-state index in [9.17, 15) is 9.90 Å². The maximum absolute atomic E-state index is 12.9. The summed E-state index contributed by atoms with van der Waals surface area (Å²) >= 11 is 0. The molecule has 2 saturated heterocycles. The Morgan fingerprint density at radius 2 is 2.00 bits per heavy atom. The van der Waals surface area contributed by atoms with Crippen molar-refractivity contribution in [2.75, 3.05) is 51.3 Å². The number of likely N-dealkylation sites (N-methyl/N-ethyl adjacent to an activating group) is 1. The third kappa shape index (κ3) is 3.87. The first kappa shape index (κ1) is 17.2. The first-order chi connectivity index (χ1) is 11.7. The average molecular weight is 332 g/mol. The van der Waals surface area contributed by atoms with Crippen LogP contribution in [0.3, 0.4) is 0 Å². The highest BCUT2D eigenvalue weighted by Crippen LogP contribution is 2.22. The SMILES string of the molecule is CN1CCN(c2cccc(C(=O)N3CCCCC3CCO)n2)CC1. The molecule has 0 saturated carbocycles. The van der Waals surface area contributed by atoms with Gasteiger partial charge >= 0.3 is 0 Å². The molecule has 6 heteroatoms. The summed E-state index contributed by atoms with van der Waals surface area (Å²) in [4.78, 5) is 24.0. The third-order valence-electron chi connectivity index (χ3n) is 5.13. The minimum Gasteiger partial charge on any atom is -0.396 e. The van der Waals surface area contributed by atoms with E-state index in [4.69, 9.17) is 0 Å². The molecule has 1 amide bonds. The van der Waals surface area contributed by atoms with Crippen LogP contribution in [0.1, 0.15) is 36.2 Å². The molecule has 1 aromatic rings. The maximum Gasteiger partial charge on any atom is 0.272 e. The molecular weight excluding hydrogens is 304 g/mol. The fraction of sp³-hybridized carbons (Fsp3) is 0.667. The van der Waals surface area contributed by atoms with Gasteiger partial charge in [-0.1, -0.05) is 6.07 Å². The number of hydrogen-bond donors (Lipinski definition) is 1. The van der Waals surface area contributed by atoms with E-state index >= 15 is 0 Å². The predicted molar refractivity (Wildman–Crippen MR) is 94.3 cm³/mol.